The molecule has 0 fully saturated rings. The summed E-state index contributed by atoms with van der Waals surface area (Å²) in [6.07, 6.45) is -4.17. The molecule has 0 aliphatic heterocycles. The Morgan fingerprint density at radius 1 is 1.00 bits per heavy atom. The highest BCUT2D eigenvalue weighted by Crippen LogP contribution is 2.39. The third kappa shape index (κ3) is 4.22. The van der Waals surface area contributed by atoms with Crippen LogP contribution in [0.1, 0.15) is 36.7 Å². The number of para-hydroxylation sites is 1. The van der Waals surface area contributed by atoms with Gasteiger partial charge in [-0.15, -0.1) is 0 Å². The lowest BCUT2D eigenvalue weighted by molar-refractivity contribution is -0.387. The molecule has 208 valence electrons. The van der Waals surface area contributed by atoms with Crippen molar-refractivity contribution >= 4 is 22.3 Å². The van der Waals surface area contributed by atoms with Crippen molar-refractivity contribution in [1.82, 2.24) is 14.1 Å². The Hall–Kier alpha value is -5.15. The van der Waals surface area contributed by atoms with Crippen LogP contribution in [0.2, 0.25) is 0 Å². The molecule has 3 heterocycles. The zero-order valence-electron chi connectivity index (χ0n) is 20.7. The van der Waals surface area contributed by atoms with E-state index in [-0.39, 0.29) is 27.6 Å². The van der Waals surface area contributed by atoms with Crippen LogP contribution in [0.25, 0.3) is 22.3 Å². The number of hydrogen-bond donors (Lipinski definition) is 1. The quantitative estimate of drug-likeness (QED) is 0.208. The van der Waals surface area contributed by atoms with E-state index in [1.54, 1.807) is 13.8 Å². The van der Waals surface area contributed by atoms with E-state index < -0.39 is 78.3 Å². The summed E-state index contributed by atoms with van der Waals surface area (Å²) in [5.41, 5.74) is -10.5. The van der Waals surface area contributed by atoms with Gasteiger partial charge in [0.05, 0.1) is 26.6 Å². The molecule has 0 bridgehead atoms. The van der Waals surface area contributed by atoms with Gasteiger partial charge in [-0.3, -0.25) is 43.9 Å². The van der Waals surface area contributed by atoms with E-state index in [1.807, 2.05) is 0 Å². The third-order valence-corrected chi connectivity index (χ3v) is 6.08. The molecular formula is C24H17F4N5O7. The number of fused-ring (bicyclic) bond motifs is 1. The lowest BCUT2D eigenvalue weighted by atomic mass is 10.0. The summed E-state index contributed by atoms with van der Waals surface area (Å²) in [5.74, 6) is -3.62. The minimum atomic E-state index is -5.50. The van der Waals surface area contributed by atoms with Gasteiger partial charge in [-0.05, 0) is 36.6 Å². The number of nitrogens with zero attached hydrogens (tertiary/aromatic N) is 5. The Bertz CT molecular complexity index is 1860. The van der Waals surface area contributed by atoms with Gasteiger partial charge in [0.2, 0.25) is 5.75 Å². The van der Waals surface area contributed by atoms with Gasteiger partial charge in [-0.2, -0.15) is 13.2 Å². The van der Waals surface area contributed by atoms with Gasteiger partial charge < -0.3 is 5.11 Å². The molecule has 12 nitrogen and oxygen atoms in total. The van der Waals surface area contributed by atoms with E-state index in [4.69, 9.17) is 0 Å². The number of aromatic nitrogens is 3. The van der Waals surface area contributed by atoms with Gasteiger partial charge in [0.1, 0.15) is 11.2 Å². The first-order valence-electron chi connectivity index (χ1n) is 11.3. The zero-order valence-corrected chi connectivity index (χ0v) is 20.7. The normalized spacial score (nSPS) is 11.8. The summed E-state index contributed by atoms with van der Waals surface area (Å²) in [7, 11) is 0. The molecule has 4 aromatic rings. The molecular weight excluding hydrogens is 546 g/mol. The van der Waals surface area contributed by atoms with Gasteiger partial charge in [-0.1, -0.05) is 19.9 Å². The fourth-order valence-corrected chi connectivity index (χ4v) is 4.40. The molecule has 0 saturated carbocycles. The Kier molecular flexibility index (Phi) is 6.65. The maximum Gasteiger partial charge on any atom is 0.431 e. The average molecular weight is 563 g/mol. The van der Waals surface area contributed by atoms with Crippen LogP contribution in [-0.4, -0.2) is 29.1 Å². The second-order valence-corrected chi connectivity index (χ2v) is 8.91. The number of alkyl halides is 3. The highest BCUT2D eigenvalue weighted by molar-refractivity contribution is 5.90. The highest BCUT2D eigenvalue weighted by Gasteiger charge is 2.40. The largest absolute Gasteiger partial charge is 0.501 e. The van der Waals surface area contributed by atoms with Crippen molar-refractivity contribution in [3.8, 4) is 17.1 Å². The smallest absolute Gasteiger partial charge is 0.431 e. The Morgan fingerprint density at radius 2 is 1.65 bits per heavy atom. The van der Waals surface area contributed by atoms with Gasteiger partial charge in [-0.25, -0.2) is 4.39 Å². The highest BCUT2D eigenvalue weighted by atomic mass is 19.4. The van der Waals surface area contributed by atoms with Gasteiger partial charge in [0.25, 0.3) is 11.2 Å². The van der Waals surface area contributed by atoms with Crippen molar-refractivity contribution in [1.29, 1.82) is 0 Å². The molecule has 1 N–H and O–H groups in total. The van der Waals surface area contributed by atoms with Gasteiger partial charge in [0.15, 0.2) is 11.5 Å². The number of nitro groups is 2. The van der Waals surface area contributed by atoms with E-state index in [1.165, 1.54) is 19.2 Å². The van der Waals surface area contributed by atoms with E-state index in [0.717, 1.165) is 6.07 Å². The summed E-state index contributed by atoms with van der Waals surface area (Å²) in [5, 5.41) is 33.0. The monoisotopic (exact) mass is 563 g/mol. The minimum Gasteiger partial charge on any atom is -0.501 e. The summed E-state index contributed by atoms with van der Waals surface area (Å²) in [6, 6.07) is 3.54. The molecule has 0 spiro atoms. The van der Waals surface area contributed by atoms with Crippen LogP contribution in [0.3, 0.4) is 0 Å². The summed E-state index contributed by atoms with van der Waals surface area (Å²) >= 11 is 0. The van der Waals surface area contributed by atoms with Crippen molar-refractivity contribution in [3.63, 3.8) is 0 Å². The van der Waals surface area contributed by atoms with E-state index in [9.17, 15) is 52.5 Å². The number of hydrogen-bond acceptors (Lipinski definition) is 8. The Morgan fingerprint density at radius 3 is 2.20 bits per heavy atom. The number of aryl methyl sites for hydroxylation is 1. The SMILES string of the molecule is Cc1ccnc(C(C)C)c1-n1c(=O)c([N+](=O)[O-])c(O)c2cc(C(F)(F)F)n(-c3c(F)cccc3[N+](=O)[O-])c(=O)c21. The number of nitro benzene ring substituents is 1. The second-order valence-electron chi connectivity index (χ2n) is 8.91. The summed E-state index contributed by atoms with van der Waals surface area (Å²) < 4.78 is 57.9. The molecule has 0 unspecified atom stereocenters. The zero-order chi connectivity index (χ0) is 29.8. The maximum absolute atomic E-state index is 15.0. The predicted octanol–water partition coefficient (Wildman–Crippen LogP) is 4.65. The molecule has 16 heteroatoms. The van der Waals surface area contributed by atoms with Crippen molar-refractivity contribution in [3.05, 3.63) is 100 Å². The van der Waals surface area contributed by atoms with Crippen LogP contribution in [0.5, 0.6) is 5.75 Å². The molecule has 1 aromatic carbocycles. The molecule has 0 atom stereocenters. The molecule has 40 heavy (non-hydrogen) atoms. The Labute approximate surface area is 219 Å². The van der Waals surface area contributed by atoms with Gasteiger partial charge >= 0.3 is 17.4 Å². The maximum atomic E-state index is 15.0. The van der Waals surface area contributed by atoms with Crippen molar-refractivity contribution in [2.45, 2.75) is 32.9 Å². The Balaban J connectivity index is 2.44. The number of pyridine rings is 3. The minimum absolute atomic E-state index is 0.0892. The van der Waals surface area contributed by atoms with Crippen LogP contribution in [0.15, 0.2) is 46.1 Å². The second kappa shape index (κ2) is 9.55. The molecule has 0 amide bonds. The van der Waals surface area contributed by atoms with Crippen LogP contribution >= 0.6 is 0 Å². The van der Waals surface area contributed by atoms with Crippen molar-refractivity contribution in [2.24, 2.45) is 0 Å². The van der Waals surface area contributed by atoms with Crippen LogP contribution in [0.4, 0.5) is 28.9 Å². The van der Waals surface area contributed by atoms with Crippen molar-refractivity contribution in [2.75, 3.05) is 0 Å². The number of aromatic hydroxyl groups is 1. The van der Waals surface area contributed by atoms with Crippen LogP contribution in [0, 0.1) is 33.0 Å². The summed E-state index contributed by atoms with van der Waals surface area (Å²) in [4.78, 5) is 52.4. The molecule has 0 saturated heterocycles. The number of halogens is 4. The number of benzene rings is 1. The molecule has 0 aliphatic rings. The first-order chi connectivity index (χ1) is 18.6. The van der Waals surface area contributed by atoms with Crippen LogP contribution in [-0.2, 0) is 6.18 Å². The standard InChI is InChI=1S/C24H17F4N5O7/c1-10(2)16-17(11(3)7-8-29-16)31-18-12(21(34)20(23(31)36)33(39)40)9-15(24(26,27)28)30(22(18)35)19-13(25)5-4-6-14(19)32(37)38/h4-10,34H,1-3H3. The summed E-state index contributed by atoms with van der Waals surface area (Å²) in [6.45, 7) is 4.68. The van der Waals surface area contributed by atoms with E-state index in [0.29, 0.717) is 16.7 Å². The molecule has 4 rings (SSSR count). The molecule has 0 aliphatic carbocycles. The number of rotatable bonds is 5. The fraction of sp³-hybridized carbons (Fsp3) is 0.208. The lowest BCUT2D eigenvalue weighted by Gasteiger charge is -2.21. The first kappa shape index (κ1) is 27.9. The van der Waals surface area contributed by atoms with E-state index in [2.05, 4.69) is 4.98 Å². The van der Waals surface area contributed by atoms with Crippen LogP contribution < -0.4 is 11.1 Å². The fourth-order valence-electron chi connectivity index (χ4n) is 4.40. The topological polar surface area (TPSA) is 163 Å². The lowest BCUT2D eigenvalue weighted by Crippen LogP contribution is -2.33. The molecule has 3 aromatic heterocycles. The average Bonchev–Trinajstić information content (AvgIpc) is 2.84. The van der Waals surface area contributed by atoms with E-state index >= 15 is 0 Å². The molecule has 0 radical (unpaired) electrons. The first-order valence-corrected chi connectivity index (χ1v) is 11.3. The predicted molar refractivity (Wildman–Crippen MR) is 132 cm³/mol. The third-order valence-electron chi connectivity index (χ3n) is 6.08. The van der Waals surface area contributed by atoms with Crippen molar-refractivity contribution < 1.29 is 32.5 Å². The van der Waals surface area contributed by atoms with Gasteiger partial charge in [0, 0.05) is 12.3 Å².